The molecule has 1 aromatic rings. The Labute approximate surface area is 117 Å². The first-order chi connectivity index (χ1) is 9.39. The van der Waals surface area contributed by atoms with Gasteiger partial charge >= 0.3 is 5.97 Å². The maximum Gasteiger partial charge on any atom is 0.335 e. The van der Waals surface area contributed by atoms with E-state index in [4.69, 9.17) is 5.11 Å². The van der Waals surface area contributed by atoms with E-state index in [9.17, 15) is 14.9 Å². The van der Waals surface area contributed by atoms with E-state index < -0.39 is 11.4 Å². The van der Waals surface area contributed by atoms with Crippen LogP contribution in [0.3, 0.4) is 0 Å². The fourth-order valence-corrected chi connectivity index (χ4v) is 2.71. The van der Waals surface area contributed by atoms with Crippen molar-refractivity contribution in [2.75, 3.05) is 11.9 Å². The van der Waals surface area contributed by atoms with Gasteiger partial charge in [0.25, 0.3) is 0 Å². The lowest BCUT2D eigenvalue weighted by molar-refractivity contribution is -0.130. The second kappa shape index (κ2) is 4.97. The zero-order chi connectivity index (χ0) is 14.9. The summed E-state index contributed by atoms with van der Waals surface area (Å²) in [5.74, 6) is -0.839. The van der Waals surface area contributed by atoms with E-state index in [2.05, 4.69) is 6.07 Å². The molecule has 1 amide bonds. The molecule has 2 rings (SSSR count). The van der Waals surface area contributed by atoms with Gasteiger partial charge in [-0.05, 0) is 43.0 Å². The molecule has 20 heavy (non-hydrogen) atoms. The van der Waals surface area contributed by atoms with Crippen LogP contribution >= 0.6 is 0 Å². The van der Waals surface area contributed by atoms with Gasteiger partial charge in [-0.1, -0.05) is 6.92 Å². The van der Waals surface area contributed by atoms with Crippen LogP contribution in [0.15, 0.2) is 24.3 Å². The van der Waals surface area contributed by atoms with Gasteiger partial charge < -0.3 is 10.0 Å². The topological polar surface area (TPSA) is 81.4 Å². The van der Waals surface area contributed by atoms with Crippen molar-refractivity contribution in [1.29, 1.82) is 5.26 Å². The summed E-state index contributed by atoms with van der Waals surface area (Å²) in [4.78, 5) is 24.7. The summed E-state index contributed by atoms with van der Waals surface area (Å²) < 4.78 is 0. The summed E-state index contributed by atoms with van der Waals surface area (Å²) >= 11 is 0. The van der Waals surface area contributed by atoms with Crippen LogP contribution in [0.4, 0.5) is 5.69 Å². The molecule has 1 aliphatic carbocycles. The van der Waals surface area contributed by atoms with Crippen molar-refractivity contribution in [3.8, 4) is 6.07 Å². The summed E-state index contributed by atoms with van der Waals surface area (Å²) in [5, 5.41) is 18.1. The predicted octanol–water partition coefficient (Wildman–Crippen LogP) is 2.29. The molecule has 0 spiro atoms. The highest BCUT2D eigenvalue weighted by Gasteiger charge is 2.50. The summed E-state index contributed by atoms with van der Waals surface area (Å²) in [6, 6.07) is 8.19. The molecule has 1 fully saturated rings. The first kappa shape index (κ1) is 14.1. The molecule has 0 unspecified atom stereocenters. The fraction of sp³-hybridized carbons (Fsp3) is 0.400. The lowest BCUT2D eigenvalue weighted by Crippen LogP contribution is -2.48. The molecule has 0 bridgehead atoms. The van der Waals surface area contributed by atoms with Gasteiger partial charge in [-0.25, -0.2) is 4.79 Å². The standard InChI is InChI=1S/C15H16N2O3/c1-10-7-15(8-10,9-16)14(20)17(2)12-5-3-11(4-6-12)13(18)19/h3-6,10H,7-8H2,1-2H3,(H,18,19). The van der Waals surface area contributed by atoms with Gasteiger partial charge in [0, 0.05) is 12.7 Å². The Bertz CT molecular complexity index is 580. The normalized spacial score (nSPS) is 24.4. The molecule has 0 saturated heterocycles. The van der Waals surface area contributed by atoms with Crippen LogP contribution in [0.1, 0.15) is 30.1 Å². The highest BCUT2D eigenvalue weighted by molar-refractivity contribution is 6.00. The molecule has 1 N–H and O–H groups in total. The molecule has 104 valence electrons. The zero-order valence-electron chi connectivity index (χ0n) is 11.5. The van der Waals surface area contributed by atoms with Gasteiger partial charge in [0.05, 0.1) is 11.6 Å². The second-order valence-electron chi connectivity index (χ2n) is 5.42. The monoisotopic (exact) mass is 272 g/mol. The minimum atomic E-state index is -1.01. The average molecular weight is 272 g/mol. The van der Waals surface area contributed by atoms with Gasteiger partial charge in [0.15, 0.2) is 0 Å². The molecule has 0 heterocycles. The Morgan fingerprint density at radius 3 is 2.30 bits per heavy atom. The van der Waals surface area contributed by atoms with Gasteiger partial charge in [-0.15, -0.1) is 0 Å². The fourth-order valence-electron chi connectivity index (χ4n) is 2.71. The molecular formula is C15H16N2O3. The first-order valence-electron chi connectivity index (χ1n) is 6.42. The van der Waals surface area contributed by atoms with E-state index in [1.165, 1.54) is 17.0 Å². The van der Waals surface area contributed by atoms with E-state index in [0.29, 0.717) is 24.4 Å². The number of amides is 1. The van der Waals surface area contributed by atoms with E-state index in [-0.39, 0.29) is 11.5 Å². The second-order valence-corrected chi connectivity index (χ2v) is 5.42. The van der Waals surface area contributed by atoms with Crippen molar-refractivity contribution in [3.63, 3.8) is 0 Å². The molecular weight excluding hydrogens is 256 g/mol. The zero-order valence-corrected chi connectivity index (χ0v) is 11.5. The minimum absolute atomic E-state index is 0.168. The maximum absolute atomic E-state index is 12.4. The van der Waals surface area contributed by atoms with Crippen molar-refractivity contribution < 1.29 is 14.7 Å². The number of hydrogen-bond donors (Lipinski definition) is 1. The SMILES string of the molecule is CC1CC(C#N)(C(=O)N(C)c2ccc(C(=O)O)cc2)C1. The molecule has 1 saturated carbocycles. The number of anilines is 1. The number of carbonyl (C=O) groups is 2. The Hall–Kier alpha value is -2.35. The number of benzene rings is 1. The van der Waals surface area contributed by atoms with Crippen LogP contribution in [-0.4, -0.2) is 24.0 Å². The molecule has 1 aliphatic rings. The third-order valence-corrected chi connectivity index (χ3v) is 3.82. The van der Waals surface area contributed by atoms with E-state index in [1.54, 1.807) is 19.2 Å². The summed E-state index contributed by atoms with van der Waals surface area (Å²) in [6.07, 6.45) is 1.17. The van der Waals surface area contributed by atoms with Crippen LogP contribution in [0.2, 0.25) is 0 Å². The van der Waals surface area contributed by atoms with Crippen LogP contribution in [0, 0.1) is 22.7 Å². The maximum atomic E-state index is 12.4. The smallest absolute Gasteiger partial charge is 0.335 e. The summed E-state index contributed by atoms with van der Waals surface area (Å²) in [5.41, 5.74) is -0.157. The number of hydrogen-bond acceptors (Lipinski definition) is 3. The van der Waals surface area contributed by atoms with Gasteiger partial charge in [-0.3, -0.25) is 4.79 Å². The Morgan fingerprint density at radius 2 is 1.90 bits per heavy atom. The number of carboxylic acid groups (broad SMARTS) is 1. The van der Waals surface area contributed by atoms with Gasteiger partial charge in [0.1, 0.15) is 5.41 Å². The van der Waals surface area contributed by atoms with E-state index in [0.717, 1.165) is 0 Å². The predicted molar refractivity (Wildman–Crippen MR) is 73.3 cm³/mol. The largest absolute Gasteiger partial charge is 0.478 e. The third-order valence-electron chi connectivity index (χ3n) is 3.82. The van der Waals surface area contributed by atoms with Crippen molar-refractivity contribution in [1.82, 2.24) is 0 Å². The number of carboxylic acids is 1. The highest BCUT2D eigenvalue weighted by Crippen LogP contribution is 2.46. The number of carbonyl (C=O) groups excluding carboxylic acids is 1. The molecule has 0 aliphatic heterocycles. The summed E-state index contributed by atoms with van der Waals surface area (Å²) in [6.45, 7) is 2.02. The van der Waals surface area contributed by atoms with E-state index in [1.807, 2.05) is 6.92 Å². The minimum Gasteiger partial charge on any atom is -0.478 e. The number of nitrogens with zero attached hydrogens (tertiary/aromatic N) is 2. The van der Waals surface area contributed by atoms with Crippen molar-refractivity contribution in [2.24, 2.45) is 11.3 Å². The number of aromatic carboxylic acids is 1. The molecule has 5 heteroatoms. The van der Waals surface area contributed by atoms with Crippen LogP contribution < -0.4 is 4.90 Å². The molecule has 0 aromatic heterocycles. The molecule has 5 nitrogen and oxygen atoms in total. The molecule has 1 aromatic carbocycles. The Morgan fingerprint density at radius 1 is 1.35 bits per heavy atom. The quantitative estimate of drug-likeness (QED) is 0.915. The summed E-state index contributed by atoms with van der Waals surface area (Å²) in [7, 11) is 1.61. The van der Waals surface area contributed by atoms with Crippen LogP contribution in [0.25, 0.3) is 0 Å². The van der Waals surface area contributed by atoms with Crippen molar-refractivity contribution in [2.45, 2.75) is 19.8 Å². The van der Waals surface area contributed by atoms with E-state index >= 15 is 0 Å². The highest BCUT2D eigenvalue weighted by atomic mass is 16.4. The number of nitriles is 1. The van der Waals surface area contributed by atoms with Crippen LogP contribution in [-0.2, 0) is 4.79 Å². The lowest BCUT2D eigenvalue weighted by atomic mass is 9.63. The van der Waals surface area contributed by atoms with Crippen molar-refractivity contribution in [3.05, 3.63) is 29.8 Å². The first-order valence-corrected chi connectivity index (χ1v) is 6.42. The average Bonchev–Trinajstić information content (AvgIpc) is 2.42. The van der Waals surface area contributed by atoms with Gasteiger partial charge in [-0.2, -0.15) is 5.26 Å². The third kappa shape index (κ3) is 2.25. The Balaban J connectivity index is 2.19. The van der Waals surface area contributed by atoms with Crippen LogP contribution in [0.5, 0.6) is 0 Å². The van der Waals surface area contributed by atoms with Gasteiger partial charge in [0.2, 0.25) is 5.91 Å². The molecule has 0 atom stereocenters. The Kier molecular flexibility index (Phi) is 3.49. The lowest BCUT2D eigenvalue weighted by Gasteiger charge is -2.41. The number of rotatable bonds is 3. The molecule has 0 radical (unpaired) electrons. The van der Waals surface area contributed by atoms with Crippen molar-refractivity contribution >= 4 is 17.6 Å².